The standard InChI is InChI=1S/C33H31ClN2O2S/c34-26-15-13-24(14-16-26)28(37)22-39-32-35-30-27-12-6-5-11-25(27)21-33(18-7-2-8-19-33)29(30)31(38)36(32)20-17-23-9-3-1-4-10-23/h1,3-6,9-16H,2,7-8,17-22H2. The van der Waals surface area contributed by atoms with E-state index in [0.717, 1.165) is 55.3 Å². The summed E-state index contributed by atoms with van der Waals surface area (Å²) in [6.07, 6.45) is 7.15. The van der Waals surface area contributed by atoms with E-state index in [-0.39, 0.29) is 22.5 Å². The maximum Gasteiger partial charge on any atom is 0.258 e. The number of ketones is 1. The van der Waals surface area contributed by atoms with Gasteiger partial charge in [0.15, 0.2) is 10.9 Å². The Morgan fingerprint density at radius 2 is 1.64 bits per heavy atom. The van der Waals surface area contributed by atoms with E-state index in [4.69, 9.17) is 16.6 Å². The first-order valence-corrected chi connectivity index (χ1v) is 15.1. The fourth-order valence-electron chi connectivity index (χ4n) is 6.26. The molecule has 0 radical (unpaired) electrons. The Morgan fingerprint density at radius 3 is 2.41 bits per heavy atom. The van der Waals surface area contributed by atoms with Gasteiger partial charge < -0.3 is 0 Å². The van der Waals surface area contributed by atoms with Gasteiger partial charge in [0.25, 0.3) is 5.56 Å². The number of thioether (sulfide) groups is 1. The zero-order valence-electron chi connectivity index (χ0n) is 21.9. The van der Waals surface area contributed by atoms with E-state index in [0.29, 0.717) is 22.3 Å². The molecule has 198 valence electrons. The number of rotatable bonds is 7. The van der Waals surface area contributed by atoms with Crippen LogP contribution in [-0.2, 0) is 24.8 Å². The normalized spacial score (nSPS) is 15.5. The molecule has 6 heteroatoms. The summed E-state index contributed by atoms with van der Waals surface area (Å²) in [6.45, 7) is 0.526. The van der Waals surface area contributed by atoms with Gasteiger partial charge in [0.2, 0.25) is 0 Å². The zero-order valence-corrected chi connectivity index (χ0v) is 23.4. The van der Waals surface area contributed by atoms with E-state index in [1.807, 2.05) is 28.8 Å². The highest BCUT2D eigenvalue weighted by atomic mass is 35.5. The van der Waals surface area contributed by atoms with Crippen molar-refractivity contribution in [1.29, 1.82) is 0 Å². The summed E-state index contributed by atoms with van der Waals surface area (Å²) in [7, 11) is 0. The summed E-state index contributed by atoms with van der Waals surface area (Å²) in [5.41, 5.74) is 5.72. The van der Waals surface area contributed by atoms with E-state index in [2.05, 4.69) is 30.3 Å². The lowest BCUT2D eigenvalue weighted by Crippen LogP contribution is -2.43. The van der Waals surface area contributed by atoms with E-state index in [1.54, 1.807) is 24.3 Å². The minimum Gasteiger partial charge on any atom is -0.293 e. The highest BCUT2D eigenvalue weighted by Gasteiger charge is 2.43. The molecule has 1 fully saturated rings. The van der Waals surface area contributed by atoms with Gasteiger partial charge in [-0.3, -0.25) is 14.2 Å². The summed E-state index contributed by atoms with van der Waals surface area (Å²) >= 11 is 7.37. The van der Waals surface area contributed by atoms with Crippen LogP contribution in [0.3, 0.4) is 0 Å². The van der Waals surface area contributed by atoms with Gasteiger partial charge in [-0.05, 0) is 61.1 Å². The Bertz CT molecular complexity index is 1560. The lowest BCUT2D eigenvalue weighted by Gasteiger charge is -2.42. The number of carbonyl (C=O) groups is 1. The van der Waals surface area contributed by atoms with Gasteiger partial charge in [0, 0.05) is 28.1 Å². The molecular formula is C33H31ClN2O2S. The van der Waals surface area contributed by atoms with Gasteiger partial charge in [-0.1, -0.05) is 97.2 Å². The summed E-state index contributed by atoms with van der Waals surface area (Å²) in [5.74, 6) is 0.188. The number of nitrogens with zero attached hydrogens (tertiary/aromatic N) is 2. The lowest BCUT2D eigenvalue weighted by molar-refractivity contribution is 0.102. The van der Waals surface area contributed by atoms with Crippen LogP contribution in [0.15, 0.2) is 88.8 Å². The predicted octanol–water partition coefficient (Wildman–Crippen LogP) is 7.54. The zero-order chi connectivity index (χ0) is 26.8. The largest absolute Gasteiger partial charge is 0.293 e. The molecule has 0 saturated heterocycles. The smallest absolute Gasteiger partial charge is 0.258 e. The van der Waals surface area contributed by atoms with Crippen molar-refractivity contribution in [3.63, 3.8) is 0 Å². The fourth-order valence-corrected chi connectivity index (χ4v) is 7.30. The topological polar surface area (TPSA) is 52.0 Å². The summed E-state index contributed by atoms with van der Waals surface area (Å²) in [4.78, 5) is 32.8. The molecule has 1 heterocycles. The SMILES string of the molecule is O=C(CSc1nc2c(c(=O)n1CCc1ccccc1)C1(CCCCC1)Cc1ccccc1-2)c1ccc(Cl)cc1. The van der Waals surface area contributed by atoms with Crippen LogP contribution < -0.4 is 5.56 Å². The van der Waals surface area contributed by atoms with Crippen molar-refractivity contribution >= 4 is 29.1 Å². The molecule has 3 aromatic carbocycles. The molecule has 2 aliphatic carbocycles. The first kappa shape index (κ1) is 26.1. The molecular weight excluding hydrogens is 524 g/mol. The lowest BCUT2D eigenvalue weighted by atomic mass is 9.62. The Labute approximate surface area is 238 Å². The highest BCUT2D eigenvalue weighted by Crippen LogP contribution is 2.48. The molecule has 39 heavy (non-hydrogen) atoms. The van der Waals surface area contributed by atoms with E-state index < -0.39 is 0 Å². The van der Waals surface area contributed by atoms with Gasteiger partial charge in [-0.25, -0.2) is 4.98 Å². The number of benzene rings is 3. The molecule has 0 amide bonds. The number of hydrogen-bond donors (Lipinski definition) is 0. The maximum atomic E-state index is 14.5. The van der Waals surface area contributed by atoms with Crippen LogP contribution in [0.4, 0.5) is 0 Å². The summed E-state index contributed by atoms with van der Waals surface area (Å²) in [6, 6.07) is 25.6. The average Bonchev–Trinajstić information content (AvgIpc) is 2.96. The van der Waals surface area contributed by atoms with Crippen LogP contribution >= 0.6 is 23.4 Å². The number of aromatic nitrogens is 2. The molecule has 4 nitrogen and oxygen atoms in total. The van der Waals surface area contributed by atoms with Crippen LogP contribution in [0.25, 0.3) is 11.3 Å². The van der Waals surface area contributed by atoms with Crippen LogP contribution in [-0.4, -0.2) is 21.1 Å². The quantitative estimate of drug-likeness (QED) is 0.134. The Kier molecular flexibility index (Phi) is 7.46. The Morgan fingerprint density at radius 1 is 0.923 bits per heavy atom. The monoisotopic (exact) mass is 554 g/mol. The third kappa shape index (κ3) is 5.22. The van der Waals surface area contributed by atoms with Gasteiger partial charge in [-0.15, -0.1) is 0 Å². The van der Waals surface area contributed by atoms with Crippen molar-refractivity contribution in [2.45, 2.75) is 62.1 Å². The average molecular weight is 555 g/mol. The first-order valence-electron chi connectivity index (χ1n) is 13.7. The minimum atomic E-state index is -0.164. The van der Waals surface area contributed by atoms with Gasteiger partial charge in [0.05, 0.1) is 17.0 Å². The van der Waals surface area contributed by atoms with E-state index in [9.17, 15) is 9.59 Å². The molecule has 6 rings (SSSR count). The van der Waals surface area contributed by atoms with Crippen molar-refractivity contribution in [1.82, 2.24) is 9.55 Å². The molecule has 2 aliphatic rings. The predicted molar refractivity (Wildman–Crippen MR) is 159 cm³/mol. The number of fused-ring (bicyclic) bond motifs is 4. The third-order valence-corrected chi connectivity index (χ3v) is 9.47. The van der Waals surface area contributed by atoms with Crippen molar-refractivity contribution in [3.8, 4) is 11.3 Å². The molecule has 4 aromatic rings. The second kappa shape index (κ2) is 11.1. The second-order valence-electron chi connectivity index (χ2n) is 10.7. The van der Waals surface area contributed by atoms with Gasteiger partial charge in [-0.2, -0.15) is 0 Å². The van der Waals surface area contributed by atoms with Crippen LogP contribution in [0, 0.1) is 0 Å². The Hall–Kier alpha value is -3.15. The molecule has 0 N–H and O–H groups in total. The summed E-state index contributed by atoms with van der Waals surface area (Å²) in [5, 5.41) is 1.21. The number of halogens is 1. The van der Waals surface area contributed by atoms with Crippen molar-refractivity contribution in [3.05, 3.63) is 116 Å². The second-order valence-corrected chi connectivity index (χ2v) is 12.1. The Balaban J connectivity index is 1.44. The van der Waals surface area contributed by atoms with E-state index in [1.165, 1.54) is 29.3 Å². The van der Waals surface area contributed by atoms with Crippen molar-refractivity contribution < 1.29 is 4.79 Å². The number of hydrogen-bond acceptors (Lipinski definition) is 4. The number of Topliss-reactive ketones (excluding diaryl/α,β-unsaturated/α-hetero) is 1. The molecule has 0 aliphatic heterocycles. The number of aryl methyl sites for hydroxylation is 1. The van der Waals surface area contributed by atoms with E-state index >= 15 is 0 Å². The van der Waals surface area contributed by atoms with Crippen LogP contribution in [0.2, 0.25) is 5.02 Å². The fraction of sp³-hybridized carbons (Fsp3) is 0.303. The third-order valence-electron chi connectivity index (χ3n) is 8.24. The molecule has 0 atom stereocenters. The van der Waals surface area contributed by atoms with Crippen molar-refractivity contribution in [2.24, 2.45) is 0 Å². The van der Waals surface area contributed by atoms with Crippen LogP contribution in [0.5, 0.6) is 0 Å². The molecule has 0 bridgehead atoms. The molecule has 1 saturated carbocycles. The van der Waals surface area contributed by atoms with Crippen LogP contribution in [0.1, 0.15) is 59.2 Å². The maximum absolute atomic E-state index is 14.5. The van der Waals surface area contributed by atoms with Crippen molar-refractivity contribution in [2.75, 3.05) is 5.75 Å². The highest BCUT2D eigenvalue weighted by molar-refractivity contribution is 7.99. The molecule has 1 spiro atoms. The molecule has 1 aromatic heterocycles. The number of carbonyl (C=O) groups excluding carboxylic acids is 1. The minimum absolute atomic E-state index is 0.0117. The first-order chi connectivity index (χ1) is 19.0. The summed E-state index contributed by atoms with van der Waals surface area (Å²) < 4.78 is 1.84. The van der Waals surface area contributed by atoms with Gasteiger partial charge in [0.1, 0.15) is 0 Å². The van der Waals surface area contributed by atoms with Gasteiger partial charge >= 0.3 is 0 Å². The molecule has 0 unspecified atom stereocenters.